The van der Waals surface area contributed by atoms with E-state index in [-0.39, 0.29) is 5.57 Å². The summed E-state index contributed by atoms with van der Waals surface area (Å²) in [5.41, 5.74) is 3.23. The highest BCUT2D eigenvalue weighted by atomic mass is 16.5. The van der Waals surface area contributed by atoms with Crippen molar-refractivity contribution in [2.75, 3.05) is 26.8 Å². The topological polar surface area (TPSA) is 84.6 Å². The van der Waals surface area contributed by atoms with Crippen LogP contribution in [0.25, 0.3) is 11.8 Å². The third-order valence-corrected chi connectivity index (χ3v) is 4.82. The predicted molar refractivity (Wildman–Crippen MR) is 123 cm³/mol. The van der Waals surface area contributed by atoms with Gasteiger partial charge in [-0.25, -0.2) is 4.79 Å². The predicted octanol–water partition coefficient (Wildman–Crippen LogP) is 3.75. The Kier molecular flexibility index (Phi) is 8.61. The highest BCUT2D eigenvalue weighted by Gasteiger charge is 2.18. The lowest BCUT2D eigenvalue weighted by atomic mass is 10.1. The molecule has 0 saturated heterocycles. The second-order valence-electron chi connectivity index (χ2n) is 6.98. The Morgan fingerprint density at radius 2 is 1.78 bits per heavy atom. The van der Waals surface area contributed by atoms with E-state index >= 15 is 0 Å². The zero-order valence-corrected chi connectivity index (χ0v) is 18.6. The molecule has 2 rings (SSSR count). The molecule has 166 valence electrons. The van der Waals surface area contributed by atoms with Gasteiger partial charge in [-0.15, -0.1) is 13.2 Å². The van der Waals surface area contributed by atoms with E-state index in [1.54, 1.807) is 19.3 Å². The summed E-state index contributed by atoms with van der Waals surface area (Å²) in [5, 5.41) is 9.48. The quantitative estimate of drug-likeness (QED) is 0.247. The molecule has 1 amide bonds. The smallest absolute Gasteiger partial charge is 0.349 e. The largest absolute Gasteiger partial charge is 0.497 e. The first kappa shape index (κ1) is 24.2. The Bertz CT molecular complexity index is 1060. The molecule has 2 aromatic rings. The number of benzene rings is 1. The number of rotatable bonds is 10. The molecule has 0 fully saturated rings. The van der Waals surface area contributed by atoms with Crippen LogP contribution in [0.1, 0.15) is 17.0 Å². The summed E-state index contributed by atoms with van der Waals surface area (Å²) in [5.74, 6) is -0.500. The van der Waals surface area contributed by atoms with E-state index < -0.39 is 18.5 Å². The second-order valence-corrected chi connectivity index (χ2v) is 6.98. The van der Waals surface area contributed by atoms with Crippen molar-refractivity contribution in [3.63, 3.8) is 0 Å². The van der Waals surface area contributed by atoms with Crippen molar-refractivity contribution in [2.24, 2.45) is 0 Å². The van der Waals surface area contributed by atoms with Gasteiger partial charge in [0.1, 0.15) is 17.4 Å². The zero-order chi connectivity index (χ0) is 23.7. The van der Waals surface area contributed by atoms with Crippen LogP contribution in [0, 0.1) is 25.2 Å². The van der Waals surface area contributed by atoms with Gasteiger partial charge in [0, 0.05) is 30.2 Å². The summed E-state index contributed by atoms with van der Waals surface area (Å²) in [7, 11) is 1.61. The number of hydrogen-bond acceptors (Lipinski definition) is 5. The van der Waals surface area contributed by atoms with E-state index in [9.17, 15) is 14.9 Å². The molecule has 0 aliphatic heterocycles. The first-order chi connectivity index (χ1) is 15.4. The van der Waals surface area contributed by atoms with Gasteiger partial charge in [0.25, 0.3) is 5.91 Å². The van der Waals surface area contributed by atoms with E-state index in [2.05, 4.69) is 13.2 Å². The number of hydrogen-bond donors (Lipinski definition) is 0. The van der Waals surface area contributed by atoms with Gasteiger partial charge < -0.3 is 18.9 Å². The molecule has 0 atom stereocenters. The summed E-state index contributed by atoms with van der Waals surface area (Å²) in [6, 6.07) is 11.3. The van der Waals surface area contributed by atoms with Gasteiger partial charge in [0.05, 0.1) is 7.11 Å². The van der Waals surface area contributed by atoms with Crippen molar-refractivity contribution in [1.29, 1.82) is 5.26 Å². The molecular formula is C25H27N3O4. The number of methoxy groups -OCH3 is 1. The van der Waals surface area contributed by atoms with Crippen molar-refractivity contribution >= 4 is 18.0 Å². The third kappa shape index (κ3) is 5.76. The van der Waals surface area contributed by atoms with Crippen LogP contribution in [-0.4, -0.2) is 48.1 Å². The minimum absolute atomic E-state index is 0.188. The Morgan fingerprint density at radius 1 is 1.16 bits per heavy atom. The fourth-order valence-electron chi connectivity index (χ4n) is 3.24. The van der Waals surface area contributed by atoms with E-state index in [1.807, 2.05) is 54.8 Å². The first-order valence-electron chi connectivity index (χ1n) is 9.98. The number of carbonyl (C=O) groups excluding carboxylic acids is 2. The first-order valence-corrected chi connectivity index (χ1v) is 9.98. The summed E-state index contributed by atoms with van der Waals surface area (Å²) >= 11 is 0. The lowest BCUT2D eigenvalue weighted by Crippen LogP contribution is -2.35. The summed E-state index contributed by atoms with van der Waals surface area (Å²) in [4.78, 5) is 26.1. The molecule has 1 aromatic heterocycles. The Balaban J connectivity index is 2.21. The second kappa shape index (κ2) is 11.4. The molecule has 0 aliphatic rings. The average Bonchev–Trinajstić information content (AvgIpc) is 3.08. The monoisotopic (exact) mass is 433 g/mol. The van der Waals surface area contributed by atoms with Crippen molar-refractivity contribution in [3.8, 4) is 17.5 Å². The standard InChI is InChI=1S/C25H27N3O4/c1-6-12-27(13-7-2)24(29)17-32-25(30)21(16-26)15-20-14-18(3)28(19(20)4)22-8-10-23(31-5)11-9-22/h6-11,14-15H,1-2,12-13,17H2,3-5H3/b21-15+. The molecule has 0 N–H and O–H groups in total. The maximum absolute atomic E-state index is 12.4. The number of ether oxygens (including phenoxy) is 2. The molecule has 0 spiro atoms. The number of nitriles is 1. The van der Waals surface area contributed by atoms with Crippen molar-refractivity contribution in [2.45, 2.75) is 13.8 Å². The number of carbonyl (C=O) groups is 2. The molecule has 32 heavy (non-hydrogen) atoms. The average molecular weight is 434 g/mol. The Labute approximate surface area is 188 Å². The van der Waals surface area contributed by atoms with Gasteiger partial charge in [-0.05, 0) is 55.8 Å². The molecule has 0 saturated carbocycles. The van der Waals surface area contributed by atoms with Crippen LogP contribution in [0.4, 0.5) is 0 Å². The van der Waals surface area contributed by atoms with Crippen LogP contribution in [0.5, 0.6) is 5.75 Å². The van der Waals surface area contributed by atoms with Gasteiger partial charge in [0.2, 0.25) is 0 Å². The fraction of sp³-hybridized carbons (Fsp3) is 0.240. The Hall–Kier alpha value is -4.05. The Morgan fingerprint density at radius 3 is 2.31 bits per heavy atom. The van der Waals surface area contributed by atoms with Crippen LogP contribution >= 0.6 is 0 Å². The lowest BCUT2D eigenvalue weighted by molar-refractivity contribution is -0.148. The molecule has 1 heterocycles. The van der Waals surface area contributed by atoms with Gasteiger partial charge >= 0.3 is 5.97 Å². The van der Waals surface area contributed by atoms with Crippen LogP contribution in [0.3, 0.4) is 0 Å². The SMILES string of the molecule is C=CCN(CC=C)C(=O)COC(=O)/C(C#N)=C/c1cc(C)n(-c2ccc(OC)cc2)c1C. The summed E-state index contributed by atoms with van der Waals surface area (Å²) in [6.45, 7) is 11.2. The van der Waals surface area contributed by atoms with Gasteiger partial charge in [-0.1, -0.05) is 12.2 Å². The highest BCUT2D eigenvalue weighted by Crippen LogP contribution is 2.24. The van der Waals surface area contributed by atoms with E-state index in [0.717, 1.165) is 22.8 Å². The maximum Gasteiger partial charge on any atom is 0.349 e. The van der Waals surface area contributed by atoms with E-state index in [0.29, 0.717) is 18.7 Å². The molecule has 7 heteroatoms. The zero-order valence-electron chi connectivity index (χ0n) is 18.6. The van der Waals surface area contributed by atoms with Gasteiger partial charge in [-0.3, -0.25) is 4.79 Å². The minimum atomic E-state index is -0.854. The lowest BCUT2D eigenvalue weighted by Gasteiger charge is -2.18. The van der Waals surface area contributed by atoms with E-state index in [4.69, 9.17) is 9.47 Å². The number of aryl methyl sites for hydroxylation is 1. The normalized spacial score (nSPS) is 10.8. The van der Waals surface area contributed by atoms with Gasteiger partial charge in [-0.2, -0.15) is 5.26 Å². The van der Waals surface area contributed by atoms with Crippen LogP contribution in [0.15, 0.2) is 61.2 Å². The molecule has 0 aliphatic carbocycles. The van der Waals surface area contributed by atoms with Crippen LogP contribution in [-0.2, 0) is 14.3 Å². The number of esters is 1. The van der Waals surface area contributed by atoms with Gasteiger partial charge in [0.15, 0.2) is 6.61 Å². The summed E-state index contributed by atoms with van der Waals surface area (Å²) in [6.07, 6.45) is 4.62. The van der Waals surface area contributed by atoms with Crippen LogP contribution < -0.4 is 4.74 Å². The molecule has 0 radical (unpaired) electrons. The maximum atomic E-state index is 12.4. The number of amides is 1. The highest BCUT2D eigenvalue weighted by molar-refractivity contribution is 5.99. The van der Waals surface area contributed by atoms with Crippen molar-refractivity contribution < 1.29 is 19.1 Å². The van der Waals surface area contributed by atoms with Crippen molar-refractivity contribution in [3.05, 3.63) is 78.2 Å². The summed E-state index contributed by atoms with van der Waals surface area (Å²) < 4.78 is 12.3. The van der Waals surface area contributed by atoms with E-state index in [1.165, 1.54) is 11.0 Å². The third-order valence-electron chi connectivity index (χ3n) is 4.82. The number of aromatic nitrogens is 1. The molecule has 1 aromatic carbocycles. The molecule has 0 unspecified atom stereocenters. The minimum Gasteiger partial charge on any atom is -0.497 e. The van der Waals surface area contributed by atoms with Crippen molar-refractivity contribution in [1.82, 2.24) is 9.47 Å². The number of nitrogens with zero attached hydrogens (tertiary/aromatic N) is 3. The molecule has 7 nitrogen and oxygen atoms in total. The molecular weight excluding hydrogens is 406 g/mol. The van der Waals surface area contributed by atoms with Crippen LogP contribution in [0.2, 0.25) is 0 Å². The molecule has 0 bridgehead atoms. The fourth-order valence-corrected chi connectivity index (χ4v) is 3.24.